The summed E-state index contributed by atoms with van der Waals surface area (Å²) in [4.78, 5) is 14.0. The van der Waals surface area contributed by atoms with Crippen molar-refractivity contribution in [2.45, 2.75) is 6.61 Å². The zero-order valence-electron chi connectivity index (χ0n) is 24.1. The Kier molecular flexibility index (Phi) is 7.79. The van der Waals surface area contributed by atoms with Gasteiger partial charge in [-0.1, -0.05) is 109 Å². The average Bonchev–Trinajstić information content (AvgIpc) is 3.67. The van der Waals surface area contributed by atoms with E-state index >= 15 is 0 Å². The van der Waals surface area contributed by atoms with Crippen LogP contribution in [0.3, 0.4) is 0 Å². The second-order valence-corrected chi connectivity index (χ2v) is 10.9. The summed E-state index contributed by atoms with van der Waals surface area (Å²) in [5.41, 5.74) is 6.73. The van der Waals surface area contributed by atoms with Crippen LogP contribution in [0.1, 0.15) is 16.7 Å². The van der Waals surface area contributed by atoms with Crippen LogP contribution in [-0.4, -0.2) is 21.4 Å². The highest BCUT2D eigenvalue weighted by molar-refractivity contribution is 6.37. The molecule has 1 aliphatic rings. The van der Waals surface area contributed by atoms with Crippen molar-refractivity contribution in [3.63, 3.8) is 0 Å². The molecule has 6 nitrogen and oxygen atoms in total. The third-order valence-electron chi connectivity index (χ3n) is 7.45. The van der Waals surface area contributed by atoms with Crippen molar-refractivity contribution in [2.24, 2.45) is 5.10 Å². The molecule has 7 heteroatoms. The number of halogens is 1. The summed E-state index contributed by atoms with van der Waals surface area (Å²) >= 11 is 6.36. The molecule has 0 spiro atoms. The van der Waals surface area contributed by atoms with E-state index in [2.05, 4.69) is 0 Å². The number of hydrogen-bond acceptors (Lipinski definition) is 4. The van der Waals surface area contributed by atoms with Crippen molar-refractivity contribution in [1.29, 1.82) is 0 Å². The SMILES string of the molecule is O=C1C(=Cc2cn(-c3ccccc3)nc2-c2cccc(OCc3ccccc3Cl)c2)C(c2ccccc2)=NN1c1ccccc1. The van der Waals surface area contributed by atoms with Gasteiger partial charge in [-0.05, 0) is 48.5 Å². The lowest BCUT2D eigenvalue weighted by atomic mass is 9.99. The Morgan fingerprint density at radius 2 is 1.36 bits per heavy atom. The van der Waals surface area contributed by atoms with Gasteiger partial charge in [0.15, 0.2) is 0 Å². The van der Waals surface area contributed by atoms with E-state index in [1.807, 2.05) is 156 Å². The molecule has 7 rings (SSSR count). The third kappa shape index (κ3) is 5.92. The van der Waals surface area contributed by atoms with Crippen LogP contribution in [0, 0.1) is 0 Å². The topological polar surface area (TPSA) is 59.7 Å². The van der Waals surface area contributed by atoms with Crippen molar-refractivity contribution < 1.29 is 9.53 Å². The zero-order chi connectivity index (χ0) is 30.6. The average molecular weight is 607 g/mol. The van der Waals surface area contributed by atoms with E-state index < -0.39 is 0 Å². The number of rotatable bonds is 8. The molecule has 0 N–H and O–H groups in total. The number of aromatic nitrogens is 2. The summed E-state index contributed by atoms with van der Waals surface area (Å²) in [7, 11) is 0. The van der Waals surface area contributed by atoms with E-state index in [-0.39, 0.29) is 5.91 Å². The number of carbonyl (C=O) groups is 1. The molecule has 0 bridgehead atoms. The molecular formula is C38H27ClN4O2. The molecule has 5 aromatic carbocycles. The van der Waals surface area contributed by atoms with Gasteiger partial charge < -0.3 is 4.74 Å². The Labute approximate surface area is 266 Å². The summed E-state index contributed by atoms with van der Waals surface area (Å²) in [5.74, 6) is 0.467. The molecular weight excluding hydrogens is 580 g/mol. The van der Waals surface area contributed by atoms with Crippen LogP contribution >= 0.6 is 11.6 Å². The highest BCUT2D eigenvalue weighted by atomic mass is 35.5. The van der Waals surface area contributed by atoms with Gasteiger partial charge >= 0.3 is 0 Å². The van der Waals surface area contributed by atoms with Gasteiger partial charge in [0.05, 0.1) is 16.9 Å². The van der Waals surface area contributed by atoms with Crippen LogP contribution in [-0.2, 0) is 11.4 Å². The maximum Gasteiger partial charge on any atom is 0.281 e. The van der Waals surface area contributed by atoms with Crippen molar-refractivity contribution in [3.8, 4) is 22.7 Å². The maximum absolute atomic E-state index is 14.0. The predicted molar refractivity (Wildman–Crippen MR) is 180 cm³/mol. The van der Waals surface area contributed by atoms with E-state index in [4.69, 9.17) is 26.5 Å². The molecule has 45 heavy (non-hydrogen) atoms. The van der Waals surface area contributed by atoms with Gasteiger partial charge in [0.25, 0.3) is 5.91 Å². The fraction of sp³-hybridized carbons (Fsp3) is 0.0263. The first kappa shape index (κ1) is 28.1. The molecule has 0 fully saturated rings. The van der Waals surface area contributed by atoms with Crippen LogP contribution in [0.25, 0.3) is 23.0 Å². The summed E-state index contributed by atoms with van der Waals surface area (Å²) in [5, 5.41) is 11.9. The van der Waals surface area contributed by atoms with E-state index in [9.17, 15) is 4.79 Å². The van der Waals surface area contributed by atoms with Gasteiger partial charge in [0.1, 0.15) is 23.8 Å². The first-order chi connectivity index (χ1) is 22.1. The molecule has 6 aromatic rings. The maximum atomic E-state index is 14.0. The van der Waals surface area contributed by atoms with Crippen molar-refractivity contribution >= 4 is 35.0 Å². The Balaban J connectivity index is 1.32. The molecule has 1 amide bonds. The standard InChI is InChI=1S/C38H27ClN4O2/c39-35-22-11-10-15-29(35)26-45-33-21-12-16-28(23-33)36-30(25-42(40-36)31-17-6-2-7-18-31)24-34-37(27-13-4-1-5-14-27)41-43(38(34)44)32-19-8-3-9-20-32/h1-25H,26H2. The second kappa shape index (κ2) is 12.5. The molecule has 0 atom stereocenters. The van der Waals surface area contributed by atoms with Crippen LogP contribution in [0.4, 0.5) is 5.69 Å². The molecule has 0 saturated heterocycles. The number of anilines is 1. The van der Waals surface area contributed by atoms with Gasteiger partial charge in [-0.3, -0.25) is 4.79 Å². The Morgan fingerprint density at radius 1 is 0.711 bits per heavy atom. The van der Waals surface area contributed by atoms with E-state index in [0.717, 1.165) is 27.9 Å². The van der Waals surface area contributed by atoms with Gasteiger partial charge in [0.2, 0.25) is 0 Å². The van der Waals surface area contributed by atoms with Gasteiger partial charge in [-0.2, -0.15) is 15.2 Å². The number of nitrogens with zero attached hydrogens (tertiary/aromatic N) is 4. The van der Waals surface area contributed by atoms with Crippen molar-refractivity contribution in [2.75, 3.05) is 5.01 Å². The minimum Gasteiger partial charge on any atom is -0.489 e. The lowest BCUT2D eigenvalue weighted by Gasteiger charge is -2.11. The normalized spacial score (nSPS) is 13.7. The second-order valence-electron chi connectivity index (χ2n) is 10.4. The van der Waals surface area contributed by atoms with Crippen LogP contribution in [0.2, 0.25) is 5.02 Å². The van der Waals surface area contributed by atoms with Gasteiger partial charge in [-0.15, -0.1) is 0 Å². The lowest BCUT2D eigenvalue weighted by Crippen LogP contribution is -2.21. The van der Waals surface area contributed by atoms with Crippen LogP contribution in [0.5, 0.6) is 5.75 Å². The van der Waals surface area contributed by atoms with Crippen LogP contribution < -0.4 is 9.75 Å². The first-order valence-corrected chi connectivity index (χ1v) is 14.9. The Hall–Kier alpha value is -5.72. The first-order valence-electron chi connectivity index (χ1n) is 14.5. The molecule has 1 aliphatic heterocycles. The molecule has 1 aromatic heterocycles. The number of benzene rings is 5. The summed E-state index contributed by atoms with van der Waals surface area (Å²) in [6.07, 6.45) is 3.83. The number of hydrazone groups is 1. The summed E-state index contributed by atoms with van der Waals surface area (Å²) < 4.78 is 7.97. The van der Waals surface area contributed by atoms with E-state index in [1.165, 1.54) is 5.01 Å². The monoisotopic (exact) mass is 606 g/mol. The third-order valence-corrected chi connectivity index (χ3v) is 7.82. The Morgan fingerprint density at radius 3 is 2.09 bits per heavy atom. The lowest BCUT2D eigenvalue weighted by molar-refractivity contribution is -0.114. The largest absolute Gasteiger partial charge is 0.489 e. The molecule has 0 radical (unpaired) electrons. The number of hydrogen-bond donors (Lipinski definition) is 0. The van der Waals surface area contributed by atoms with Crippen molar-refractivity contribution in [3.05, 3.63) is 173 Å². The number of ether oxygens (including phenoxy) is 1. The number of para-hydroxylation sites is 2. The van der Waals surface area contributed by atoms with Gasteiger partial charge in [0, 0.05) is 33.5 Å². The molecule has 0 aliphatic carbocycles. The molecule has 0 unspecified atom stereocenters. The van der Waals surface area contributed by atoms with Crippen molar-refractivity contribution in [1.82, 2.24) is 9.78 Å². The molecule has 218 valence electrons. The quantitative estimate of drug-likeness (QED) is 0.163. The predicted octanol–water partition coefficient (Wildman–Crippen LogP) is 8.61. The summed E-state index contributed by atoms with van der Waals surface area (Å²) in [6, 6.07) is 44.5. The molecule has 2 heterocycles. The van der Waals surface area contributed by atoms with E-state index in [0.29, 0.717) is 40.0 Å². The zero-order valence-corrected chi connectivity index (χ0v) is 24.9. The van der Waals surface area contributed by atoms with Gasteiger partial charge in [-0.25, -0.2) is 4.68 Å². The van der Waals surface area contributed by atoms with E-state index in [1.54, 1.807) is 0 Å². The fourth-order valence-electron chi connectivity index (χ4n) is 5.19. The fourth-order valence-corrected chi connectivity index (χ4v) is 5.38. The smallest absolute Gasteiger partial charge is 0.281 e. The minimum absolute atomic E-state index is 0.213. The number of carbonyl (C=O) groups excluding carboxylic acids is 1. The Bertz CT molecular complexity index is 2040. The van der Waals surface area contributed by atoms with Crippen LogP contribution in [0.15, 0.2) is 156 Å². The minimum atomic E-state index is -0.213. The summed E-state index contributed by atoms with van der Waals surface area (Å²) in [6.45, 7) is 0.333. The highest BCUT2D eigenvalue weighted by Crippen LogP contribution is 2.32. The number of amides is 1. The highest BCUT2D eigenvalue weighted by Gasteiger charge is 2.32. The molecule has 0 saturated carbocycles.